The molecule has 8 nitrogen and oxygen atoms in total. The molecule has 0 aliphatic rings. The van der Waals surface area contributed by atoms with Gasteiger partial charge in [0, 0.05) is 12.1 Å². The monoisotopic (exact) mass is 380 g/mol. The number of amides is 2. The first-order valence-electron chi connectivity index (χ1n) is 8.56. The van der Waals surface area contributed by atoms with Crippen molar-refractivity contribution in [2.75, 3.05) is 5.32 Å². The number of carbonyl (C=O) groups excluding carboxylic acids is 2. The Bertz CT molecular complexity index is 671. The van der Waals surface area contributed by atoms with Crippen molar-refractivity contribution in [2.24, 2.45) is 0 Å². The fourth-order valence-corrected chi connectivity index (χ4v) is 2.03. The maximum absolute atomic E-state index is 11.8. The van der Waals surface area contributed by atoms with Crippen LogP contribution in [0.2, 0.25) is 0 Å². The van der Waals surface area contributed by atoms with Crippen molar-refractivity contribution in [1.82, 2.24) is 5.32 Å². The molecule has 1 aromatic carbocycles. The Hall–Kier alpha value is -2.77. The quantitative estimate of drug-likeness (QED) is 0.720. The number of hydrogen-bond donors (Lipinski definition) is 3. The highest BCUT2D eigenvalue weighted by Gasteiger charge is 2.24. The summed E-state index contributed by atoms with van der Waals surface area (Å²) in [5, 5.41) is 14.3. The van der Waals surface area contributed by atoms with E-state index >= 15 is 0 Å². The van der Waals surface area contributed by atoms with E-state index in [1.54, 1.807) is 65.8 Å². The zero-order valence-electron chi connectivity index (χ0n) is 16.6. The first-order chi connectivity index (χ1) is 12.2. The van der Waals surface area contributed by atoms with Crippen molar-refractivity contribution < 1.29 is 29.0 Å². The SMILES string of the molecule is CC(C)(C)OC(=O)Nc1ccc(CC(NC(=O)OC(C)(C)C)C(=O)O)cc1. The summed E-state index contributed by atoms with van der Waals surface area (Å²) < 4.78 is 10.2. The number of nitrogens with one attached hydrogen (secondary N) is 2. The number of alkyl carbamates (subject to hydrolysis) is 1. The molecule has 0 bridgehead atoms. The number of hydrogen-bond acceptors (Lipinski definition) is 5. The third kappa shape index (κ3) is 9.48. The number of aliphatic carboxylic acids is 1. The predicted octanol–water partition coefficient (Wildman–Crippen LogP) is 3.55. The summed E-state index contributed by atoms with van der Waals surface area (Å²) in [5.74, 6) is -1.17. The second-order valence-corrected chi connectivity index (χ2v) is 8.06. The molecular formula is C19H28N2O6. The summed E-state index contributed by atoms with van der Waals surface area (Å²) in [4.78, 5) is 34.9. The summed E-state index contributed by atoms with van der Waals surface area (Å²) in [6, 6.07) is 5.46. The lowest BCUT2D eigenvalue weighted by atomic mass is 10.1. The van der Waals surface area contributed by atoms with E-state index in [4.69, 9.17) is 9.47 Å². The van der Waals surface area contributed by atoms with Gasteiger partial charge in [-0.2, -0.15) is 0 Å². The summed E-state index contributed by atoms with van der Waals surface area (Å²) in [5.41, 5.74) is -0.137. The maximum atomic E-state index is 11.8. The molecule has 0 aliphatic heterocycles. The van der Waals surface area contributed by atoms with Gasteiger partial charge < -0.3 is 19.9 Å². The van der Waals surface area contributed by atoms with Crippen molar-refractivity contribution in [2.45, 2.75) is 65.2 Å². The van der Waals surface area contributed by atoms with E-state index in [0.29, 0.717) is 11.3 Å². The van der Waals surface area contributed by atoms with Gasteiger partial charge in [0.05, 0.1) is 0 Å². The van der Waals surface area contributed by atoms with Gasteiger partial charge in [-0.25, -0.2) is 14.4 Å². The standard InChI is InChI=1S/C19H28N2O6/c1-18(2,3)26-16(24)20-13-9-7-12(8-10-13)11-14(15(22)23)21-17(25)27-19(4,5)6/h7-10,14H,11H2,1-6H3,(H,20,24)(H,21,25)(H,22,23). The Labute approximate surface area is 159 Å². The molecule has 1 aromatic rings. The Morgan fingerprint density at radius 1 is 0.926 bits per heavy atom. The molecule has 0 heterocycles. The minimum Gasteiger partial charge on any atom is -0.480 e. The molecule has 0 aliphatic carbocycles. The number of rotatable bonds is 5. The van der Waals surface area contributed by atoms with Crippen LogP contribution in [0.3, 0.4) is 0 Å². The van der Waals surface area contributed by atoms with Gasteiger partial charge in [0.15, 0.2) is 0 Å². The van der Waals surface area contributed by atoms with E-state index < -0.39 is 35.4 Å². The third-order valence-corrected chi connectivity index (χ3v) is 3.03. The number of anilines is 1. The maximum Gasteiger partial charge on any atom is 0.412 e. The van der Waals surface area contributed by atoms with Crippen LogP contribution < -0.4 is 10.6 Å². The molecule has 1 unspecified atom stereocenters. The molecule has 0 saturated heterocycles. The summed E-state index contributed by atoms with van der Waals surface area (Å²) >= 11 is 0. The molecule has 1 rings (SSSR count). The zero-order valence-corrected chi connectivity index (χ0v) is 16.6. The Kier molecular flexibility index (Phi) is 7.21. The van der Waals surface area contributed by atoms with E-state index in [0.717, 1.165) is 0 Å². The zero-order chi connectivity index (χ0) is 20.8. The van der Waals surface area contributed by atoms with Crippen LogP contribution in [0.5, 0.6) is 0 Å². The third-order valence-electron chi connectivity index (χ3n) is 3.03. The predicted molar refractivity (Wildman–Crippen MR) is 101 cm³/mol. The fourth-order valence-electron chi connectivity index (χ4n) is 2.03. The number of benzene rings is 1. The van der Waals surface area contributed by atoms with E-state index in [9.17, 15) is 19.5 Å². The average molecular weight is 380 g/mol. The van der Waals surface area contributed by atoms with E-state index in [1.165, 1.54) is 0 Å². The lowest BCUT2D eigenvalue weighted by Gasteiger charge is -2.22. The van der Waals surface area contributed by atoms with Crippen LogP contribution in [-0.2, 0) is 20.7 Å². The van der Waals surface area contributed by atoms with Crippen molar-refractivity contribution in [3.63, 3.8) is 0 Å². The molecule has 0 radical (unpaired) electrons. The van der Waals surface area contributed by atoms with Gasteiger partial charge in [0.2, 0.25) is 0 Å². The molecule has 3 N–H and O–H groups in total. The number of carbonyl (C=O) groups is 3. The number of ether oxygens (including phenoxy) is 2. The van der Waals surface area contributed by atoms with Gasteiger partial charge in [-0.15, -0.1) is 0 Å². The average Bonchev–Trinajstić information content (AvgIpc) is 2.44. The second-order valence-electron chi connectivity index (χ2n) is 8.06. The highest BCUT2D eigenvalue weighted by atomic mass is 16.6. The van der Waals surface area contributed by atoms with Crippen LogP contribution in [0, 0.1) is 0 Å². The molecule has 0 saturated carbocycles. The lowest BCUT2D eigenvalue weighted by molar-refractivity contribution is -0.139. The minimum atomic E-state index is -1.17. The minimum absolute atomic E-state index is 0.0707. The molecule has 1 atom stereocenters. The van der Waals surface area contributed by atoms with Gasteiger partial charge in [0.1, 0.15) is 17.2 Å². The highest BCUT2D eigenvalue weighted by Crippen LogP contribution is 2.14. The Morgan fingerprint density at radius 2 is 1.41 bits per heavy atom. The molecular weight excluding hydrogens is 352 g/mol. The van der Waals surface area contributed by atoms with Crippen LogP contribution >= 0.6 is 0 Å². The lowest BCUT2D eigenvalue weighted by Crippen LogP contribution is -2.44. The van der Waals surface area contributed by atoms with Gasteiger partial charge in [-0.1, -0.05) is 12.1 Å². The molecule has 0 spiro atoms. The first-order valence-corrected chi connectivity index (χ1v) is 8.56. The highest BCUT2D eigenvalue weighted by molar-refractivity contribution is 5.85. The first kappa shape index (κ1) is 22.3. The van der Waals surface area contributed by atoms with Crippen LogP contribution in [0.15, 0.2) is 24.3 Å². The van der Waals surface area contributed by atoms with Crippen LogP contribution in [0.1, 0.15) is 47.1 Å². The van der Waals surface area contributed by atoms with Crippen LogP contribution in [-0.4, -0.2) is 40.5 Å². The van der Waals surface area contributed by atoms with Gasteiger partial charge in [-0.3, -0.25) is 5.32 Å². The summed E-state index contributed by atoms with van der Waals surface area (Å²) in [6.45, 7) is 10.4. The van der Waals surface area contributed by atoms with Gasteiger partial charge in [-0.05, 0) is 59.2 Å². The van der Waals surface area contributed by atoms with E-state index in [-0.39, 0.29) is 6.42 Å². The normalized spacial score (nSPS) is 12.7. The summed E-state index contributed by atoms with van der Waals surface area (Å²) in [7, 11) is 0. The van der Waals surface area contributed by atoms with Crippen LogP contribution in [0.4, 0.5) is 15.3 Å². The molecule has 0 aromatic heterocycles. The van der Waals surface area contributed by atoms with Gasteiger partial charge in [0.25, 0.3) is 0 Å². The van der Waals surface area contributed by atoms with Crippen molar-refractivity contribution in [3.05, 3.63) is 29.8 Å². The number of carboxylic acid groups (broad SMARTS) is 1. The largest absolute Gasteiger partial charge is 0.480 e. The fraction of sp³-hybridized carbons (Fsp3) is 0.526. The molecule has 27 heavy (non-hydrogen) atoms. The van der Waals surface area contributed by atoms with Gasteiger partial charge >= 0.3 is 18.2 Å². The molecule has 0 fully saturated rings. The molecule has 150 valence electrons. The second kappa shape index (κ2) is 8.75. The van der Waals surface area contributed by atoms with Crippen LogP contribution in [0.25, 0.3) is 0 Å². The Morgan fingerprint density at radius 3 is 1.85 bits per heavy atom. The van der Waals surface area contributed by atoms with Crippen molar-refractivity contribution in [3.8, 4) is 0 Å². The Balaban J connectivity index is 2.69. The van der Waals surface area contributed by atoms with Crippen molar-refractivity contribution >= 4 is 23.8 Å². The topological polar surface area (TPSA) is 114 Å². The van der Waals surface area contributed by atoms with Crippen molar-refractivity contribution in [1.29, 1.82) is 0 Å². The van der Waals surface area contributed by atoms with E-state index in [2.05, 4.69) is 10.6 Å². The smallest absolute Gasteiger partial charge is 0.412 e. The molecule has 2 amide bonds. The summed E-state index contributed by atoms with van der Waals surface area (Å²) in [6.07, 6.45) is -1.30. The molecule has 8 heteroatoms. The number of carboxylic acids is 1. The van der Waals surface area contributed by atoms with E-state index in [1.807, 2.05) is 0 Å².